The zero-order chi connectivity index (χ0) is 19.6. The number of aryl methyl sites for hydroxylation is 2. The standard InChI is InChI=1S/C19H18N2O4S2/c1-4-25-18(23)14-13(12-8-6-5-7-9-12)11(3)26-17(14)21-16(22)15-10(2)20-19(24)27-15/h5-9H,4H2,1-3H3,(H,20,24)(H,21,22). The van der Waals surface area contributed by atoms with Crippen molar-refractivity contribution in [3.05, 3.63) is 61.0 Å². The van der Waals surface area contributed by atoms with Gasteiger partial charge in [-0.25, -0.2) is 4.79 Å². The highest BCUT2D eigenvalue weighted by atomic mass is 32.1. The molecule has 0 bridgehead atoms. The predicted molar refractivity (Wildman–Crippen MR) is 108 cm³/mol. The largest absolute Gasteiger partial charge is 0.462 e. The number of thiophene rings is 1. The topological polar surface area (TPSA) is 88.3 Å². The van der Waals surface area contributed by atoms with E-state index in [0.717, 1.165) is 27.3 Å². The molecule has 6 nitrogen and oxygen atoms in total. The molecule has 0 saturated carbocycles. The van der Waals surface area contributed by atoms with E-state index in [9.17, 15) is 14.4 Å². The van der Waals surface area contributed by atoms with E-state index >= 15 is 0 Å². The van der Waals surface area contributed by atoms with Gasteiger partial charge in [0.2, 0.25) is 0 Å². The van der Waals surface area contributed by atoms with E-state index in [4.69, 9.17) is 4.74 Å². The summed E-state index contributed by atoms with van der Waals surface area (Å²) >= 11 is 2.15. The summed E-state index contributed by atoms with van der Waals surface area (Å²) in [5, 5.41) is 3.19. The number of anilines is 1. The molecule has 2 aromatic heterocycles. The Balaban J connectivity index is 2.07. The van der Waals surface area contributed by atoms with Crippen LogP contribution >= 0.6 is 22.7 Å². The zero-order valence-corrected chi connectivity index (χ0v) is 16.7. The first-order valence-electron chi connectivity index (χ1n) is 8.29. The number of carbonyl (C=O) groups is 2. The van der Waals surface area contributed by atoms with Gasteiger partial charge in [0.25, 0.3) is 5.91 Å². The van der Waals surface area contributed by atoms with Crippen molar-refractivity contribution >= 4 is 39.6 Å². The van der Waals surface area contributed by atoms with Crippen LogP contribution < -0.4 is 10.2 Å². The number of amides is 1. The number of esters is 1. The van der Waals surface area contributed by atoms with Crippen LogP contribution in [0.25, 0.3) is 11.1 Å². The van der Waals surface area contributed by atoms with E-state index in [1.54, 1.807) is 13.8 Å². The summed E-state index contributed by atoms with van der Waals surface area (Å²) in [5.41, 5.74) is 2.45. The lowest BCUT2D eigenvalue weighted by Gasteiger charge is -2.09. The van der Waals surface area contributed by atoms with Gasteiger partial charge in [0.1, 0.15) is 15.4 Å². The lowest BCUT2D eigenvalue weighted by Crippen LogP contribution is -2.14. The number of hydrogen-bond acceptors (Lipinski definition) is 6. The number of rotatable bonds is 5. The minimum absolute atomic E-state index is 0.230. The van der Waals surface area contributed by atoms with Gasteiger partial charge in [-0.3, -0.25) is 9.59 Å². The predicted octanol–water partition coefficient (Wildman–Crippen LogP) is 4.21. The van der Waals surface area contributed by atoms with Crippen molar-refractivity contribution in [2.75, 3.05) is 11.9 Å². The molecule has 0 aliphatic rings. The maximum atomic E-state index is 12.6. The molecular weight excluding hydrogens is 384 g/mol. The summed E-state index contributed by atoms with van der Waals surface area (Å²) in [5.74, 6) is -0.919. The van der Waals surface area contributed by atoms with Gasteiger partial charge >= 0.3 is 10.8 Å². The Labute approximate surface area is 163 Å². The Morgan fingerprint density at radius 3 is 2.44 bits per heavy atom. The quantitative estimate of drug-likeness (QED) is 0.626. The second kappa shape index (κ2) is 7.89. The monoisotopic (exact) mass is 402 g/mol. The number of thiazole rings is 1. The van der Waals surface area contributed by atoms with Crippen molar-refractivity contribution in [2.24, 2.45) is 0 Å². The molecule has 27 heavy (non-hydrogen) atoms. The summed E-state index contributed by atoms with van der Waals surface area (Å²) < 4.78 is 5.22. The molecule has 1 aromatic carbocycles. The molecule has 0 fully saturated rings. The van der Waals surface area contributed by atoms with E-state index in [1.165, 1.54) is 11.3 Å². The van der Waals surface area contributed by atoms with Gasteiger partial charge in [0, 0.05) is 16.1 Å². The van der Waals surface area contributed by atoms with Gasteiger partial charge in [-0.15, -0.1) is 11.3 Å². The average Bonchev–Trinajstić information content (AvgIpc) is 3.14. The smallest absolute Gasteiger partial charge is 0.341 e. The normalized spacial score (nSPS) is 10.6. The molecule has 0 radical (unpaired) electrons. The number of nitrogens with one attached hydrogen (secondary N) is 2. The molecule has 0 unspecified atom stereocenters. The van der Waals surface area contributed by atoms with Crippen LogP contribution in [0, 0.1) is 13.8 Å². The minimum Gasteiger partial charge on any atom is -0.462 e. The number of carbonyl (C=O) groups excluding carboxylic acids is 2. The number of ether oxygens (including phenoxy) is 1. The van der Waals surface area contributed by atoms with Crippen molar-refractivity contribution < 1.29 is 14.3 Å². The third kappa shape index (κ3) is 3.86. The summed E-state index contributed by atoms with van der Waals surface area (Å²) in [6, 6.07) is 9.49. The van der Waals surface area contributed by atoms with E-state index in [2.05, 4.69) is 10.3 Å². The molecule has 0 atom stereocenters. The highest BCUT2D eigenvalue weighted by molar-refractivity contribution is 7.17. The number of benzene rings is 1. The van der Waals surface area contributed by atoms with Gasteiger partial charge in [0.15, 0.2) is 0 Å². The van der Waals surface area contributed by atoms with Crippen LogP contribution in [-0.2, 0) is 4.74 Å². The highest BCUT2D eigenvalue weighted by Gasteiger charge is 2.26. The summed E-state index contributed by atoms with van der Waals surface area (Å²) in [6.45, 7) is 5.52. The van der Waals surface area contributed by atoms with Crippen LogP contribution in [0.15, 0.2) is 35.1 Å². The van der Waals surface area contributed by atoms with Gasteiger partial charge < -0.3 is 15.0 Å². The third-order valence-electron chi connectivity index (χ3n) is 3.88. The fourth-order valence-electron chi connectivity index (χ4n) is 2.76. The summed E-state index contributed by atoms with van der Waals surface area (Å²) in [6.07, 6.45) is 0. The SMILES string of the molecule is CCOC(=O)c1c(NC(=O)c2sc(=O)[nH]c2C)sc(C)c1-c1ccccc1. The second-order valence-corrected chi connectivity index (χ2v) is 7.95. The van der Waals surface area contributed by atoms with E-state index in [-0.39, 0.29) is 11.5 Å². The molecule has 0 aliphatic heterocycles. The molecule has 2 heterocycles. The van der Waals surface area contributed by atoms with Crippen LogP contribution in [0.1, 0.15) is 37.5 Å². The Bertz CT molecular complexity index is 1050. The molecule has 8 heteroatoms. The van der Waals surface area contributed by atoms with Crippen LogP contribution in [0.4, 0.5) is 5.00 Å². The van der Waals surface area contributed by atoms with E-state index in [0.29, 0.717) is 21.1 Å². The van der Waals surface area contributed by atoms with Gasteiger partial charge in [-0.2, -0.15) is 0 Å². The summed E-state index contributed by atoms with van der Waals surface area (Å²) in [7, 11) is 0. The van der Waals surface area contributed by atoms with Crippen LogP contribution in [0.5, 0.6) is 0 Å². The lowest BCUT2D eigenvalue weighted by molar-refractivity contribution is 0.0529. The van der Waals surface area contributed by atoms with Crippen molar-refractivity contribution in [2.45, 2.75) is 20.8 Å². The Kier molecular flexibility index (Phi) is 5.57. The van der Waals surface area contributed by atoms with Crippen LogP contribution in [0.3, 0.4) is 0 Å². The molecule has 3 aromatic rings. The molecule has 1 amide bonds. The molecule has 0 aliphatic carbocycles. The highest BCUT2D eigenvalue weighted by Crippen LogP contribution is 2.40. The average molecular weight is 402 g/mol. The number of aromatic amines is 1. The fourth-order valence-corrected chi connectivity index (χ4v) is 4.56. The van der Waals surface area contributed by atoms with E-state index < -0.39 is 11.9 Å². The Morgan fingerprint density at radius 1 is 1.15 bits per heavy atom. The van der Waals surface area contributed by atoms with Gasteiger partial charge in [-0.05, 0) is 26.3 Å². The molecule has 0 spiro atoms. The maximum absolute atomic E-state index is 12.6. The molecular formula is C19H18N2O4S2. The maximum Gasteiger partial charge on any atom is 0.341 e. The number of H-pyrrole nitrogens is 1. The first-order valence-corrected chi connectivity index (χ1v) is 9.92. The molecule has 2 N–H and O–H groups in total. The second-order valence-electron chi connectivity index (χ2n) is 5.75. The first-order chi connectivity index (χ1) is 12.9. The molecule has 140 valence electrons. The number of aromatic nitrogens is 1. The van der Waals surface area contributed by atoms with Crippen molar-refractivity contribution in [1.82, 2.24) is 4.98 Å². The van der Waals surface area contributed by atoms with Crippen LogP contribution in [0.2, 0.25) is 0 Å². The minimum atomic E-state index is -0.491. The van der Waals surface area contributed by atoms with Crippen molar-refractivity contribution in [3.63, 3.8) is 0 Å². The van der Waals surface area contributed by atoms with Crippen molar-refractivity contribution in [1.29, 1.82) is 0 Å². The molecule has 3 rings (SSSR count). The van der Waals surface area contributed by atoms with Gasteiger partial charge in [0.05, 0.1) is 6.61 Å². The molecule has 0 saturated heterocycles. The number of hydrogen-bond donors (Lipinski definition) is 2. The third-order valence-corrected chi connectivity index (χ3v) is 5.89. The zero-order valence-electron chi connectivity index (χ0n) is 15.0. The van der Waals surface area contributed by atoms with E-state index in [1.807, 2.05) is 37.3 Å². The lowest BCUT2D eigenvalue weighted by atomic mass is 10.0. The Hall–Kier alpha value is -2.71. The Morgan fingerprint density at radius 2 is 1.85 bits per heavy atom. The fraction of sp³-hybridized carbons (Fsp3) is 0.211. The van der Waals surface area contributed by atoms with Crippen molar-refractivity contribution in [3.8, 4) is 11.1 Å². The van der Waals surface area contributed by atoms with Gasteiger partial charge in [-0.1, -0.05) is 41.7 Å². The summed E-state index contributed by atoms with van der Waals surface area (Å²) in [4.78, 5) is 40.2. The van der Waals surface area contributed by atoms with Crippen LogP contribution in [-0.4, -0.2) is 23.5 Å². The first kappa shape index (κ1) is 19.1.